The van der Waals surface area contributed by atoms with Gasteiger partial charge in [0.25, 0.3) is 11.8 Å². The lowest BCUT2D eigenvalue weighted by atomic mass is 10.2. The van der Waals surface area contributed by atoms with Gasteiger partial charge in [0.05, 0.1) is 5.56 Å². The summed E-state index contributed by atoms with van der Waals surface area (Å²) in [6.45, 7) is 0.462. The number of amides is 2. The van der Waals surface area contributed by atoms with Crippen molar-refractivity contribution < 1.29 is 14.0 Å². The van der Waals surface area contributed by atoms with E-state index < -0.39 is 11.7 Å². The van der Waals surface area contributed by atoms with Gasteiger partial charge in [-0.2, -0.15) is 0 Å². The van der Waals surface area contributed by atoms with Crippen LogP contribution in [0.1, 0.15) is 20.8 Å². The van der Waals surface area contributed by atoms with Gasteiger partial charge >= 0.3 is 0 Å². The van der Waals surface area contributed by atoms with Crippen molar-refractivity contribution in [1.29, 1.82) is 0 Å². The van der Waals surface area contributed by atoms with E-state index in [1.807, 2.05) is 41.9 Å². The molecule has 0 aliphatic heterocycles. The molecule has 3 rings (SSSR count). The van der Waals surface area contributed by atoms with Crippen LogP contribution in [0, 0.1) is 5.82 Å². The predicted octanol–water partition coefficient (Wildman–Crippen LogP) is 2.48. The first-order valence-corrected chi connectivity index (χ1v) is 7.93. The van der Waals surface area contributed by atoms with Crippen LogP contribution in [0.3, 0.4) is 0 Å². The second kappa shape index (κ2) is 7.17. The number of nitrogens with one attached hydrogen (secondary N) is 2. The summed E-state index contributed by atoms with van der Waals surface area (Å²) in [6, 6.07) is 15.3. The molecule has 2 aromatic carbocycles. The Morgan fingerprint density at radius 1 is 0.960 bits per heavy atom. The fourth-order valence-electron chi connectivity index (χ4n) is 2.69. The first kappa shape index (κ1) is 16.7. The highest BCUT2D eigenvalue weighted by Gasteiger charge is 2.13. The zero-order valence-electron chi connectivity index (χ0n) is 13.8. The normalized spacial score (nSPS) is 10.6. The van der Waals surface area contributed by atoms with Gasteiger partial charge in [0.1, 0.15) is 11.5 Å². The lowest BCUT2D eigenvalue weighted by Crippen LogP contribution is -2.35. The van der Waals surface area contributed by atoms with Gasteiger partial charge in [-0.05, 0) is 24.3 Å². The van der Waals surface area contributed by atoms with E-state index >= 15 is 0 Å². The van der Waals surface area contributed by atoms with Gasteiger partial charge in [0.15, 0.2) is 0 Å². The molecule has 25 heavy (non-hydrogen) atoms. The molecule has 128 valence electrons. The fraction of sp³-hybridized carbons (Fsp3) is 0.158. The van der Waals surface area contributed by atoms with Crippen molar-refractivity contribution >= 4 is 22.7 Å². The molecule has 0 atom stereocenters. The van der Waals surface area contributed by atoms with E-state index in [1.54, 1.807) is 6.07 Å². The first-order chi connectivity index (χ1) is 12.1. The van der Waals surface area contributed by atoms with Gasteiger partial charge in [-0.3, -0.25) is 9.59 Å². The van der Waals surface area contributed by atoms with Gasteiger partial charge in [0, 0.05) is 31.0 Å². The molecule has 0 unspecified atom stereocenters. The van der Waals surface area contributed by atoms with Crippen LogP contribution in [-0.2, 0) is 7.05 Å². The number of aryl methyl sites for hydroxylation is 1. The molecule has 6 heteroatoms. The molecule has 0 radical (unpaired) electrons. The number of benzene rings is 2. The van der Waals surface area contributed by atoms with Crippen LogP contribution in [-0.4, -0.2) is 29.5 Å². The Morgan fingerprint density at radius 3 is 2.32 bits per heavy atom. The molecule has 0 spiro atoms. The van der Waals surface area contributed by atoms with Gasteiger partial charge in [-0.25, -0.2) is 4.39 Å². The molecule has 0 saturated carbocycles. The van der Waals surface area contributed by atoms with Crippen LogP contribution in [0.15, 0.2) is 54.6 Å². The monoisotopic (exact) mass is 339 g/mol. The van der Waals surface area contributed by atoms with Crippen LogP contribution in [0.2, 0.25) is 0 Å². The van der Waals surface area contributed by atoms with Crippen LogP contribution >= 0.6 is 0 Å². The SMILES string of the molecule is Cn1c(C(=O)NCCNC(=O)c2ccccc2F)cc2ccccc21. The third kappa shape index (κ3) is 3.52. The standard InChI is InChI=1S/C19H18FN3O2/c1-23-16-9-5-2-6-13(16)12-17(23)19(25)22-11-10-21-18(24)14-7-3-4-8-15(14)20/h2-9,12H,10-11H2,1H3,(H,21,24)(H,22,25). The van der Waals surface area contributed by atoms with Gasteiger partial charge < -0.3 is 15.2 Å². The minimum atomic E-state index is -0.570. The van der Waals surface area contributed by atoms with E-state index in [1.165, 1.54) is 18.2 Å². The smallest absolute Gasteiger partial charge is 0.267 e. The van der Waals surface area contributed by atoms with Crippen molar-refractivity contribution in [2.24, 2.45) is 7.05 Å². The summed E-state index contributed by atoms with van der Waals surface area (Å²) in [5.74, 6) is -1.30. The number of rotatable bonds is 5. The summed E-state index contributed by atoms with van der Waals surface area (Å²) in [5, 5.41) is 6.33. The second-order valence-electron chi connectivity index (χ2n) is 5.64. The van der Waals surface area contributed by atoms with E-state index in [0.29, 0.717) is 5.69 Å². The zero-order valence-corrected chi connectivity index (χ0v) is 13.8. The van der Waals surface area contributed by atoms with E-state index in [9.17, 15) is 14.0 Å². The average Bonchev–Trinajstić information content (AvgIpc) is 2.96. The van der Waals surface area contributed by atoms with Crippen molar-refractivity contribution in [3.05, 3.63) is 71.7 Å². The summed E-state index contributed by atoms with van der Waals surface area (Å²) in [4.78, 5) is 24.2. The molecule has 1 heterocycles. The van der Waals surface area contributed by atoms with Gasteiger partial charge in [-0.1, -0.05) is 30.3 Å². The number of aromatic nitrogens is 1. The third-order valence-electron chi connectivity index (χ3n) is 4.00. The number of para-hydroxylation sites is 1. The van der Waals surface area contributed by atoms with Crippen LogP contribution in [0.5, 0.6) is 0 Å². The van der Waals surface area contributed by atoms with E-state index in [-0.39, 0.29) is 24.6 Å². The minimum absolute atomic E-state index is 0.0116. The van der Waals surface area contributed by atoms with Gasteiger partial charge in [0.2, 0.25) is 0 Å². The lowest BCUT2D eigenvalue weighted by Gasteiger charge is -2.08. The predicted molar refractivity (Wildman–Crippen MR) is 94.0 cm³/mol. The maximum absolute atomic E-state index is 13.5. The molecule has 0 bridgehead atoms. The summed E-state index contributed by atoms with van der Waals surface area (Å²) in [6.07, 6.45) is 0. The Labute approximate surface area is 144 Å². The Hall–Kier alpha value is -3.15. The molecule has 2 amide bonds. The lowest BCUT2D eigenvalue weighted by molar-refractivity contribution is 0.0921. The third-order valence-corrected chi connectivity index (χ3v) is 4.00. The van der Waals surface area contributed by atoms with Crippen molar-refractivity contribution in [3.63, 3.8) is 0 Å². The van der Waals surface area contributed by atoms with Crippen molar-refractivity contribution in [2.75, 3.05) is 13.1 Å². The Kier molecular flexibility index (Phi) is 4.79. The number of carbonyl (C=O) groups is 2. The van der Waals surface area contributed by atoms with Gasteiger partial charge in [-0.15, -0.1) is 0 Å². The summed E-state index contributed by atoms with van der Waals surface area (Å²) >= 11 is 0. The molecule has 1 aromatic heterocycles. The van der Waals surface area contributed by atoms with Crippen molar-refractivity contribution in [1.82, 2.24) is 15.2 Å². The topological polar surface area (TPSA) is 63.1 Å². The van der Waals surface area contributed by atoms with E-state index in [4.69, 9.17) is 0 Å². The van der Waals surface area contributed by atoms with E-state index in [2.05, 4.69) is 10.6 Å². The number of fused-ring (bicyclic) bond motifs is 1. The molecule has 0 aliphatic carbocycles. The molecule has 0 fully saturated rings. The fourth-order valence-corrected chi connectivity index (χ4v) is 2.69. The molecule has 3 aromatic rings. The number of hydrogen-bond acceptors (Lipinski definition) is 2. The quantitative estimate of drug-likeness (QED) is 0.702. The van der Waals surface area contributed by atoms with Crippen LogP contribution < -0.4 is 10.6 Å². The first-order valence-electron chi connectivity index (χ1n) is 7.93. The zero-order chi connectivity index (χ0) is 17.8. The molecular formula is C19H18FN3O2. The van der Waals surface area contributed by atoms with E-state index in [0.717, 1.165) is 10.9 Å². The maximum Gasteiger partial charge on any atom is 0.267 e. The second-order valence-corrected chi connectivity index (χ2v) is 5.64. The largest absolute Gasteiger partial charge is 0.350 e. The Bertz CT molecular complexity index is 933. The number of hydrogen-bond donors (Lipinski definition) is 2. The molecule has 0 aliphatic rings. The molecule has 2 N–H and O–H groups in total. The average molecular weight is 339 g/mol. The summed E-state index contributed by atoms with van der Waals surface area (Å²) in [7, 11) is 1.83. The highest BCUT2D eigenvalue weighted by Crippen LogP contribution is 2.18. The number of carbonyl (C=O) groups excluding carboxylic acids is 2. The van der Waals surface area contributed by atoms with Crippen LogP contribution in [0.25, 0.3) is 10.9 Å². The highest BCUT2D eigenvalue weighted by atomic mass is 19.1. The number of nitrogens with zero attached hydrogens (tertiary/aromatic N) is 1. The molecule has 5 nitrogen and oxygen atoms in total. The number of halogens is 1. The Morgan fingerprint density at radius 2 is 1.60 bits per heavy atom. The molecule has 0 saturated heterocycles. The Balaban J connectivity index is 1.55. The minimum Gasteiger partial charge on any atom is -0.350 e. The van der Waals surface area contributed by atoms with Crippen molar-refractivity contribution in [2.45, 2.75) is 0 Å². The highest BCUT2D eigenvalue weighted by molar-refractivity contribution is 5.98. The van der Waals surface area contributed by atoms with Crippen LogP contribution in [0.4, 0.5) is 4.39 Å². The summed E-state index contributed by atoms with van der Waals surface area (Å²) < 4.78 is 15.3. The maximum atomic E-state index is 13.5. The molecular weight excluding hydrogens is 321 g/mol. The summed E-state index contributed by atoms with van der Waals surface area (Å²) in [5.41, 5.74) is 1.50. The van der Waals surface area contributed by atoms with Crippen molar-refractivity contribution in [3.8, 4) is 0 Å².